The third kappa shape index (κ3) is 2.23. The predicted octanol–water partition coefficient (Wildman–Crippen LogP) is 3.23. The maximum absolute atomic E-state index is 10.6. The monoisotopic (exact) mass is 269 g/mol. The second-order valence-corrected chi connectivity index (χ2v) is 6.01. The summed E-state index contributed by atoms with van der Waals surface area (Å²) >= 11 is 0. The molecule has 2 atom stereocenters. The van der Waals surface area contributed by atoms with Gasteiger partial charge in [0.05, 0.1) is 6.10 Å². The zero-order chi connectivity index (χ0) is 14.0. The van der Waals surface area contributed by atoms with E-state index in [1.807, 2.05) is 7.05 Å². The van der Waals surface area contributed by atoms with E-state index in [4.69, 9.17) is 0 Å². The predicted molar refractivity (Wildman–Crippen MR) is 84.0 cm³/mol. The highest BCUT2D eigenvalue weighted by Gasteiger charge is 2.40. The number of hydrogen-bond donors (Lipinski definition) is 2. The Balaban J connectivity index is 2.08. The van der Waals surface area contributed by atoms with Crippen LogP contribution in [0, 0.1) is 0 Å². The Bertz CT molecular complexity index is 591. The van der Waals surface area contributed by atoms with Gasteiger partial charge in [0.15, 0.2) is 0 Å². The van der Waals surface area contributed by atoms with E-state index in [9.17, 15) is 5.11 Å². The van der Waals surface area contributed by atoms with Crippen LogP contribution in [0.15, 0.2) is 42.5 Å². The molecule has 0 aliphatic heterocycles. The molecule has 2 aromatic carbocycles. The first kappa shape index (κ1) is 13.6. The third-order valence-electron chi connectivity index (χ3n) is 4.80. The average Bonchev–Trinajstić information content (AvgIpc) is 2.49. The van der Waals surface area contributed by atoms with Gasteiger partial charge in [0.25, 0.3) is 0 Å². The molecule has 1 aliphatic rings. The van der Waals surface area contributed by atoms with E-state index in [2.05, 4.69) is 47.8 Å². The highest BCUT2D eigenvalue weighted by molar-refractivity contribution is 5.83. The average molecular weight is 269 g/mol. The fourth-order valence-electron chi connectivity index (χ4n) is 3.68. The van der Waals surface area contributed by atoms with Gasteiger partial charge in [-0.3, -0.25) is 0 Å². The number of aliphatic hydroxyl groups excluding tert-OH is 1. The van der Waals surface area contributed by atoms with Crippen molar-refractivity contribution in [2.24, 2.45) is 0 Å². The number of nitrogens with one attached hydrogen (secondary N) is 1. The van der Waals surface area contributed by atoms with Crippen LogP contribution in [0.4, 0.5) is 0 Å². The second-order valence-electron chi connectivity index (χ2n) is 6.01. The summed E-state index contributed by atoms with van der Waals surface area (Å²) < 4.78 is 0. The van der Waals surface area contributed by atoms with E-state index in [-0.39, 0.29) is 11.5 Å². The molecule has 3 rings (SSSR count). The van der Waals surface area contributed by atoms with Gasteiger partial charge in [-0.25, -0.2) is 0 Å². The molecule has 2 N–H and O–H groups in total. The Labute approximate surface area is 120 Å². The first-order valence-electron chi connectivity index (χ1n) is 7.58. The molecular weight excluding hydrogens is 246 g/mol. The van der Waals surface area contributed by atoms with Crippen LogP contribution in [0.1, 0.15) is 31.2 Å². The summed E-state index contributed by atoms with van der Waals surface area (Å²) in [6, 6.07) is 15.1. The van der Waals surface area contributed by atoms with Crippen molar-refractivity contribution < 1.29 is 5.11 Å². The zero-order valence-corrected chi connectivity index (χ0v) is 12.1. The lowest BCUT2D eigenvalue weighted by Crippen LogP contribution is -2.48. The number of benzene rings is 2. The van der Waals surface area contributed by atoms with E-state index in [1.54, 1.807) is 0 Å². The Morgan fingerprint density at radius 3 is 2.70 bits per heavy atom. The van der Waals surface area contributed by atoms with Crippen molar-refractivity contribution in [3.05, 3.63) is 48.0 Å². The highest BCUT2D eigenvalue weighted by Crippen LogP contribution is 2.40. The lowest BCUT2D eigenvalue weighted by atomic mass is 9.67. The SMILES string of the molecule is CNC[C@@]1(c2ccc3ccccc3c2)CCCCC1O. The largest absolute Gasteiger partial charge is 0.392 e. The van der Waals surface area contributed by atoms with E-state index in [0.29, 0.717) is 0 Å². The standard InChI is InChI=1S/C18H23NO/c1-19-13-18(11-5-4-8-17(18)20)16-10-9-14-6-2-3-7-15(14)12-16/h2-3,6-7,9-10,12,17,19-20H,4-5,8,11,13H2,1H3/t17?,18-/m1/s1. The lowest BCUT2D eigenvalue weighted by Gasteiger charge is -2.42. The van der Waals surface area contributed by atoms with Crippen LogP contribution in [0.2, 0.25) is 0 Å². The molecule has 1 unspecified atom stereocenters. The van der Waals surface area contributed by atoms with Gasteiger partial charge in [-0.05, 0) is 36.2 Å². The maximum Gasteiger partial charge on any atom is 0.0649 e. The van der Waals surface area contributed by atoms with E-state index < -0.39 is 0 Å². The van der Waals surface area contributed by atoms with Crippen LogP contribution in [0.5, 0.6) is 0 Å². The fraction of sp³-hybridized carbons (Fsp3) is 0.444. The molecule has 0 radical (unpaired) electrons. The maximum atomic E-state index is 10.6. The summed E-state index contributed by atoms with van der Waals surface area (Å²) in [4.78, 5) is 0. The van der Waals surface area contributed by atoms with Crippen LogP contribution in [-0.2, 0) is 5.41 Å². The summed E-state index contributed by atoms with van der Waals surface area (Å²) in [5, 5.41) is 16.5. The smallest absolute Gasteiger partial charge is 0.0649 e. The molecule has 0 aromatic heterocycles. The minimum absolute atomic E-state index is 0.128. The summed E-state index contributed by atoms with van der Waals surface area (Å²) in [5.41, 5.74) is 1.15. The van der Waals surface area contributed by atoms with Crippen molar-refractivity contribution in [2.75, 3.05) is 13.6 Å². The van der Waals surface area contributed by atoms with E-state index in [1.165, 1.54) is 22.8 Å². The van der Waals surface area contributed by atoms with Crippen molar-refractivity contribution in [1.82, 2.24) is 5.32 Å². The number of aliphatic hydroxyl groups is 1. The summed E-state index contributed by atoms with van der Waals surface area (Å²) in [7, 11) is 1.98. The van der Waals surface area contributed by atoms with Gasteiger partial charge in [0.2, 0.25) is 0 Å². The molecule has 1 fully saturated rings. The topological polar surface area (TPSA) is 32.3 Å². The summed E-state index contributed by atoms with van der Waals surface area (Å²) in [6.07, 6.45) is 4.07. The van der Waals surface area contributed by atoms with Crippen molar-refractivity contribution in [3.8, 4) is 0 Å². The van der Waals surface area contributed by atoms with Crippen molar-refractivity contribution in [2.45, 2.75) is 37.2 Å². The van der Waals surface area contributed by atoms with Crippen LogP contribution in [0.3, 0.4) is 0 Å². The fourth-order valence-corrected chi connectivity index (χ4v) is 3.68. The Morgan fingerprint density at radius 1 is 1.15 bits per heavy atom. The third-order valence-corrected chi connectivity index (χ3v) is 4.80. The van der Waals surface area contributed by atoms with Gasteiger partial charge in [0.1, 0.15) is 0 Å². The minimum atomic E-state index is -0.245. The first-order chi connectivity index (χ1) is 9.76. The molecule has 0 bridgehead atoms. The first-order valence-corrected chi connectivity index (χ1v) is 7.58. The lowest BCUT2D eigenvalue weighted by molar-refractivity contribution is 0.0425. The van der Waals surface area contributed by atoms with E-state index in [0.717, 1.165) is 25.8 Å². The van der Waals surface area contributed by atoms with Crippen LogP contribution >= 0.6 is 0 Å². The molecule has 1 aliphatic carbocycles. The molecule has 0 saturated heterocycles. The highest BCUT2D eigenvalue weighted by atomic mass is 16.3. The van der Waals surface area contributed by atoms with Crippen LogP contribution in [-0.4, -0.2) is 24.8 Å². The Morgan fingerprint density at radius 2 is 1.95 bits per heavy atom. The summed E-state index contributed by atoms with van der Waals surface area (Å²) in [5.74, 6) is 0. The van der Waals surface area contributed by atoms with E-state index >= 15 is 0 Å². The zero-order valence-electron chi connectivity index (χ0n) is 12.1. The molecular formula is C18H23NO. The molecule has 106 valence electrons. The van der Waals surface area contributed by atoms with Crippen LogP contribution < -0.4 is 5.32 Å². The van der Waals surface area contributed by atoms with Crippen molar-refractivity contribution >= 4 is 10.8 Å². The van der Waals surface area contributed by atoms with Gasteiger partial charge >= 0.3 is 0 Å². The molecule has 20 heavy (non-hydrogen) atoms. The number of rotatable bonds is 3. The second kappa shape index (κ2) is 5.55. The van der Waals surface area contributed by atoms with Crippen LogP contribution in [0.25, 0.3) is 10.8 Å². The molecule has 0 spiro atoms. The minimum Gasteiger partial charge on any atom is -0.392 e. The van der Waals surface area contributed by atoms with Gasteiger partial charge in [-0.2, -0.15) is 0 Å². The molecule has 2 heteroatoms. The Hall–Kier alpha value is -1.38. The normalized spacial score (nSPS) is 26.8. The molecule has 2 aromatic rings. The Kier molecular flexibility index (Phi) is 3.77. The van der Waals surface area contributed by atoms with Gasteiger partial charge in [-0.1, -0.05) is 55.3 Å². The van der Waals surface area contributed by atoms with Gasteiger partial charge < -0.3 is 10.4 Å². The number of hydrogen-bond acceptors (Lipinski definition) is 2. The summed E-state index contributed by atoms with van der Waals surface area (Å²) in [6.45, 7) is 0.840. The number of fused-ring (bicyclic) bond motifs is 1. The molecule has 2 nitrogen and oxygen atoms in total. The van der Waals surface area contributed by atoms with Gasteiger partial charge in [-0.15, -0.1) is 0 Å². The molecule has 0 amide bonds. The van der Waals surface area contributed by atoms with Gasteiger partial charge in [0, 0.05) is 12.0 Å². The molecule has 1 saturated carbocycles. The van der Waals surface area contributed by atoms with Crippen molar-refractivity contribution in [3.63, 3.8) is 0 Å². The molecule has 0 heterocycles. The quantitative estimate of drug-likeness (QED) is 0.896. The van der Waals surface area contributed by atoms with Crippen molar-refractivity contribution in [1.29, 1.82) is 0 Å². The number of likely N-dealkylation sites (N-methyl/N-ethyl adjacent to an activating group) is 1.